The molecule has 0 aliphatic rings. The van der Waals surface area contributed by atoms with Gasteiger partial charge < -0.3 is 0 Å². The number of aromatic nitrogens is 6. The molecule has 0 fully saturated rings. The molecular formula is C12H14N6. The van der Waals surface area contributed by atoms with Gasteiger partial charge in [-0.15, -0.1) is 0 Å². The first-order valence-electron chi connectivity index (χ1n) is 5.77. The maximum atomic E-state index is 4.58. The third-order valence-corrected chi connectivity index (χ3v) is 2.75. The van der Waals surface area contributed by atoms with E-state index in [4.69, 9.17) is 0 Å². The molecule has 3 rings (SSSR count). The van der Waals surface area contributed by atoms with Crippen LogP contribution in [0.15, 0.2) is 24.7 Å². The van der Waals surface area contributed by atoms with Crippen molar-refractivity contribution in [3.05, 3.63) is 30.4 Å². The van der Waals surface area contributed by atoms with Crippen molar-refractivity contribution in [2.75, 3.05) is 0 Å². The molecule has 0 saturated carbocycles. The Hall–Kier alpha value is -2.24. The number of hydrogen-bond donors (Lipinski definition) is 1. The van der Waals surface area contributed by atoms with Crippen molar-refractivity contribution in [3.63, 3.8) is 0 Å². The van der Waals surface area contributed by atoms with Gasteiger partial charge in [0.2, 0.25) is 5.82 Å². The van der Waals surface area contributed by atoms with Crippen LogP contribution in [0.3, 0.4) is 0 Å². The van der Waals surface area contributed by atoms with Crippen molar-refractivity contribution < 1.29 is 0 Å². The van der Waals surface area contributed by atoms with Crippen LogP contribution < -0.4 is 0 Å². The summed E-state index contributed by atoms with van der Waals surface area (Å²) in [5, 5.41) is 11.8. The smallest absolute Gasteiger partial charge is 0.202 e. The number of fused-ring (bicyclic) bond motifs is 1. The van der Waals surface area contributed by atoms with Gasteiger partial charge in [-0.3, -0.25) is 10.1 Å². The van der Waals surface area contributed by atoms with Crippen molar-refractivity contribution in [2.24, 2.45) is 0 Å². The van der Waals surface area contributed by atoms with Gasteiger partial charge in [0.05, 0.1) is 11.9 Å². The highest BCUT2D eigenvalue weighted by atomic mass is 15.4. The second-order valence-electron chi connectivity index (χ2n) is 5.21. The first-order chi connectivity index (χ1) is 8.55. The van der Waals surface area contributed by atoms with E-state index in [2.05, 4.69) is 46.0 Å². The molecule has 0 amide bonds. The van der Waals surface area contributed by atoms with Crippen molar-refractivity contribution in [1.82, 2.24) is 29.8 Å². The first-order valence-corrected chi connectivity index (χ1v) is 5.77. The summed E-state index contributed by atoms with van der Waals surface area (Å²) in [5.74, 6) is 0.675. The van der Waals surface area contributed by atoms with Crippen molar-refractivity contribution >= 4 is 5.65 Å². The van der Waals surface area contributed by atoms with Crippen LogP contribution in [0.1, 0.15) is 26.5 Å². The summed E-state index contributed by atoms with van der Waals surface area (Å²) in [7, 11) is 0. The van der Waals surface area contributed by atoms with E-state index in [0.717, 1.165) is 11.3 Å². The normalized spacial score (nSPS) is 12.2. The summed E-state index contributed by atoms with van der Waals surface area (Å²) >= 11 is 0. The van der Waals surface area contributed by atoms with Crippen LogP contribution in [0.2, 0.25) is 0 Å². The van der Waals surface area contributed by atoms with Gasteiger partial charge in [0.25, 0.3) is 0 Å². The lowest BCUT2D eigenvalue weighted by Crippen LogP contribution is -2.12. The molecular weight excluding hydrogens is 228 g/mol. The Balaban J connectivity index is 2.18. The van der Waals surface area contributed by atoms with Crippen molar-refractivity contribution in [1.29, 1.82) is 0 Å². The lowest BCUT2D eigenvalue weighted by molar-refractivity contribution is 0.563. The molecule has 0 bridgehead atoms. The molecule has 3 heterocycles. The third-order valence-electron chi connectivity index (χ3n) is 2.75. The number of H-pyrrole nitrogens is 1. The number of hydrogen-bond acceptors (Lipinski definition) is 4. The Kier molecular flexibility index (Phi) is 2.19. The second-order valence-corrected chi connectivity index (χ2v) is 5.21. The molecule has 0 radical (unpaired) electrons. The number of nitrogens with zero attached hydrogens (tertiary/aromatic N) is 5. The van der Waals surface area contributed by atoms with Crippen LogP contribution in [0.4, 0.5) is 0 Å². The molecule has 0 saturated heterocycles. The zero-order valence-corrected chi connectivity index (χ0v) is 10.5. The highest BCUT2D eigenvalue weighted by Crippen LogP contribution is 2.23. The molecule has 18 heavy (non-hydrogen) atoms. The van der Waals surface area contributed by atoms with Crippen LogP contribution in [0.25, 0.3) is 17.2 Å². The lowest BCUT2D eigenvalue weighted by atomic mass is 9.93. The average molecular weight is 242 g/mol. The molecule has 92 valence electrons. The Morgan fingerprint density at radius 2 is 2.06 bits per heavy atom. The highest BCUT2D eigenvalue weighted by molar-refractivity contribution is 5.54. The first kappa shape index (κ1) is 10.9. The van der Waals surface area contributed by atoms with E-state index in [1.807, 2.05) is 6.07 Å². The zero-order valence-electron chi connectivity index (χ0n) is 10.5. The molecule has 1 N–H and O–H groups in total. The fourth-order valence-corrected chi connectivity index (χ4v) is 1.73. The van der Waals surface area contributed by atoms with Crippen LogP contribution in [0.5, 0.6) is 0 Å². The summed E-state index contributed by atoms with van der Waals surface area (Å²) in [5.41, 5.74) is 2.58. The fraction of sp³-hybridized carbons (Fsp3) is 0.333. The SMILES string of the molecule is CC(C)(C)c1cc2[nH]nc(-c3cnccn3)n2n1. The number of aromatic amines is 1. The highest BCUT2D eigenvalue weighted by Gasteiger charge is 2.20. The molecule has 3 aromatic heterocycles. The molecule has 0 spiro atoms. The average Bonchev–Trinajstić information content (AvgIpc) is 2.88. The fourth-order valence-electron chi connectivity index (χ4n) is 1.73. The van der Waals surface area contributed by atoms with Crippen LogP contribution in [-0.2, 0) is 5.41 Å². The summed E-state index contributed by atoms with van der Waals surface area (Å²) < 4.78 is 1.77. The minimum absolute atomic E-state index is 0.00644. The molecule has 6 heteroatoms. The molecule has 6 nitrogen and oxygen atoms in total. The van der Waals surface area contributed by atoms with E-state index in [9.17, 15) is 0 Å². The quantitative estimate of drug-likeness (QED) is 0.706. The van der Waals surface area contributed by atoms with E-state index < -0.39 is 0 Å². The largest absolute Gasteiger partial charge is 0.261 e. The Morgan fingerprint density at radius 3 is 2.72 bits per heavy atom. The van der Waals surface area contributed by atoms with Gasteiger partial charge in [-0.05, 0) is 0 Å². The Bertz CT molecular complexity index is 673. The van der Waals surface area contributed by atoms with E-state index >= 15 is 0 Å². The van der Waals surface area contributed by atoms with E-state index in [0.29, 0.717) is 11.5 Å². The summed E-state index contributed by atoms with van der Waals surface area (Å²) in [6, 6.07) is 2.01. The topological polar surface area (TPSA) is 71.8 Å². The monoisotopic (exact) mass is 242 g/mol. The zero-order chi connectivity index (χ0) is 12.8. The molecule has 0 unspecified atom stereocenters. The number of nitrogens with one attached hydrogen (secondary N) is 1. The lowest BCUT2D eigenvalue weighted by Gasteiger charge is -2.13. The van der Waals surface area contributed by atoms with Gasteiger partial charge in [0.1, 0.15) is 5.69 Å². The standard InChI is InChI=1S/C12H14N6/c1-12(2,3)9-6-10-15-16-11(18(10)17-9)8-7-13-4-5-14-8/h4-7,15H,1-3H3. The Labute approximate surface area is 104 Å². The van der Waals surface area contributed by atoms with Gasteiger partial charge in [-0.1, -0.05) is 20.8 Å². The van der Waals surface area contributed by atoms with Crippen LogP contribution in [-0.4, -0.2) is 29.8 Å². The molecule has 0 aliphatic carbocycles. The van der Waals surface area contributed by atoms with Gasteiger partial charge in [-0.2, -0.15) is 14.7 Å². The van der Waals surface area contributed by atoms with E-state index in [1.54, 1.807) is 23.1 Å². The second kappa shape index (κ2) is 3.63. The minimum atomic E-state index is 0.00644. The summed E-state index contributed by atoms with van der Waals surface area (Å²) in [4.78, 5) is 8.28. The van der Waals surface area contributed by atoms with E-state index in [-0.39, 0.29) is 5.41 Å². The minimum Gasteiger partial charge on any atom is -0.261 e. The molecule has 0 aliphatic heterocycles. The van der Waals surface area contributed by atoms with Crippen LogP contribution >= 0.6 is 0 Å². The maximum absolute atomic E-state index is 4.58. The van der Waals surface area contributed by atoms with Gasteiger partial charge in [0, 0.05) is 23.9 Å². The van der Waals surface area contributed by atoms with Crippen molar-refractivity contribution in [3.8, 4) is 11.5 Å². The summed E-state index contributed by atoms with van der Waals surface area (Å²) in [6.07, 6.45) is 4.95. The molecule has 0 atom stereocenters. The maximum Gasteiger partial charge on any atom is 0.202 e. The predicted molar refractivity (Wildman–Crippen MR) is 67.1 cm³/mol. The summed E-state index contributed by atoms with van der Waals surface area (Å²) in [6.45, 7) is 6.39. The molecule has 0 aromatic carbocycles. The van der Waals surface area contributed by atoms with E-state index in [1.165, 1.54) is 0 Å². The predicted octanol–water partition coefficient (Wildman–Crippen LogP) is 1.81. The van der Waals surface area contributed by atoms with Gasteiger partial charge in [-0.25, -0.2) is 4.98 Å². The molecule has 3 aromatic rings. The van der Waals surface area contributed by atoms with Gasteiger partial charge >= 0.3 is 0 Å². The number of rotatable bonds is 1. The third kappa shape index (κ3) is 1.66. The van der Waals surface area contributed by atoms with Gasteiger partial charge in [0.15, 0.2) is 5.65 Å². The Morgan fingerprint density at radius 1 is 1.22 bits per heavy atom. The van der Waals surface area contributed by atoms with Crippen molar-refractivity contribution in [2.45, 2.75) is 26.2 Å². The van der Waals surface area contributed by atoms with Crippen LogP contribution in [0, 0.1) is 0 Å².